The molecule has 0 spiro atoms. The van der Waals surface area contributed by atoms with Crippen LogP contribution in [0.2, 0.25) is 0 Å². The van der Waals surface area contributed by atoms with Gasteiger partial charge in [0.2, 0.25) is 5.91 Å². The molecule has 17 heavy (non-hydrogen) atoms. The maximum atomic E-state index is 11.5. The maximum Gasteiger partial charge on any atom is 0.250 e. The second-order valence-corrected chi connectivity index (χ2v) is 5.31. The van der Waals surface area contributed by atoms with Crippen LogP contribution >= 0.6 is 15.9 Å². The van der Waals surface area contributed by atoms with E-state index in [-0.39, 0.29) is 5.92 Å². The average Bonchev–Trinajstić information content (AvgIpc) is 2.29. The van der Waals surface area contributed by atoms with Crippen LogP contribution in [0.1, 0.15) is 37.2 Å². The van der Waals surface area contributed by atoms with Crippen LogP contribution in [0, 0.1) is 0 Å². The van der Waals surface area contributed by atoms with Gasteiger partial charge in [0.15, 0.2) is 0 Å². The standard InChI is InChI=1S/C12H15BrN2O2/c13-10-7-8(4-6-15-10)9-3-1-2-5-12(9,17)11(14)16/h4,6-7,9,17H,1-3,5H2,(H2,14,16). The molecule has 3 N–H and O–H groups in total. The molecule has 0 saturated heterocycles. The Balaban J connectivity index is 2.37. The first-order chi connectivity index (χ1) is 8.04. The fraction of sp³-hybridized carbons (Fsp3) is 0.500. The van der Waals surface area contributed by atoms with Gasteiger partial charge in [-0.1, -0.05) is 6.42 Å². The van der Waals surface area contributed by atoms with Crippen molar-refractivity contribution in [3.05, 3.63) is 28.5 Å². The number of nitrogens with two attached hydrogens (primary N) is 1. The molecule has 0 aliphatic heterocycles. The predicted molar refractivity (Wildman–Crippen MR) is 67.3 cm³/mol. The molecule has 1 amide bonds. The Bertz CT molecular complexity index is 438. The molecule has 1 aliphatic rings. The Morgan fingerprint density at radius 3 is 3.00 bits per heavy atom. The van der Waals surface area contributed by atoms with Gasteiger partial charge in [-0.2, -0.15) is 0 Å². The lowest BCUT2D eigenvalue weighted by Crippen LogP contribution is -2.50. The van der Waals surface area contributed by atoms with E-state index < -0.39 is 11.5 Å². The molecule has 1 saturated carbocycles. The quantitative estimate of drug-likeness (QED) is 0.816. The third-order valence-electron chi connectivity index (χ3n) is 3.46. The van der Waals surface area contributed by atoms with Gasteiger partial charge in [-0.05, 0) is 52.9 Å². The highest BCUT2D eigenvalue weighted by molar-refractivity contribution is 9.10. The van der Waals surface area contributed by atoms with Gasteiger partial charge in [-0.25, -0.2) is 4.98 Å². The van der Waals surface area contributed by atoms with Crippen molar-refractivity contribution >= 4 is 21.8 Å². The van der Waals surface area contributed by atoms with Gasteiger partial charge in [-0.15, -0.1) is 0 Å². The van der Waals surface area contributed by atoms with E-state index in [1.807, 2.05) is 12.1 Å². The van der Waals surface area contributed by atoms with Gasteiger partial charge in [0.25, 0.3) is 0 Å². The van der Waals surface area contributed by atoms with Gasteiger partial charge in [0.1, 0.15) is 10.2 Å². The smallest absolute Gasteiger partial charge is 0.250 e. The summed E-state index contributed by atoms with van der Waals surface area (Å²) in [5.74, 6) is -0.858. The molecule has 4 nitrogen and oxygen atoms in total. The molecule has 2 rings (SSSR count). The molecule has 2 atom stereocenters. The Labute approximate surface area is 108 Å². The molecule has 1 aromatic rings. The number of carbonyl (C=O) groups excluding carboxylic acids is 1. The van der Waals surface area contributed by atoms with Crippen molar-refractivity contribution in [1.82, 2.24) is 4.98 Å². The monoisotopic (exact) mass is 298 g/mol. The van der Waals surface area contributed by atoms with Crippen molar-refractivity contribution in [3.63, 3.8) is 0 Å². The van der Waals surface area contributed by atoms with Crippen LogP contribution in [-0.2, 0) is 4.79 Å². The SMILES string of the molecule is NC(=O)C1(O)CCCCC1c1ccnc(Br)c1. The number of rotatable bonds is 2. The Morgan fingerprint density at radius 2 is 2.35 bits per heavy atom. The molecule has 5 heteroatoms. The van der Waals surface area contributed by atoms with Crippen LogP contribution in [0.15, 0.2) is 22.9 Å². The van der Waals surface area contributed by atoms with E-state index in [2.05, 4.69) is 20.9 Å². The number of carbonyl (C=O) groups is 1. The van der Waals surface area contributed by atoms with Crippen molar-refractivity contribution in [2.45, 2.75) is 37.2 Å². The first-order valence-electron chi connectivity index (χ1n) is 5.68. The lowest BCUT2D eigenvalue weighted by molar-refractivity contribution is -0.141. The van der Waals surface area contributed by atoms with Crippen molar-refractivity contribution in [1.29, 1.82) is 0 Å². The van der Waals surface area contributed by atoms with Crippen LogP contribution in [0.25, 0.3) is 0 Å². The summed E-state index contributed by atoms with van der Waals surface area (Å²) in [6.07, 6.45) is 4.71. The molecule has 0 bridgehead atoms. The van der Waals surface area contributed by atoms with E-state index >= 15 is 0 Å². The van der Waals surface area contributed by atoms with E-state index in [4.69, 9.17) is 5.73 Å². The maximum absolute atomic E-state index is 11.5. The summed E-state index contributed by atoms with van der Waals surface area (Å²) in [7, 11) is 0. The zero-order valence-electron chi connectivity index (χ0n) is 9.40. The van der Waals surface area contributed by atoms with E-state index in [1.165, 1.54) is 0 Å². The van der Waals surface area contributed by atoms with E-state index in [1.54, 1.807) is 6.20 Å². The summed E-state index contributed by atoms with van der Waals surface area (Å²) in [4.78, 5) is 15.5. The lowest BCUT2D eigenvalue weighted by Gasteiger charge is -2.37. The van der Waals surface area contributed by atoms with Gasteiger partial charge < -0.3 is 10.8 Å². The van der Waals surface area contributed by atoms with E-state index in [0.717, 1.165) is 24.8 Å². The Morgan fingerprint density at radius 1 is 1.59 bits per heavy atom. The second kappa shape index (κ2) is 4.74. The fourth-order valence-electron chi connectivity index (χ4n) is 2.53. The highest BCUT2D eigenvalue weighted by Gasteiger charge is 2.44. The number of primary amides is 1. The highest BCUT2D eigenvalue weighted by Crippen LogP contribution is 2.41. The van der Waals surface area contributed by atoms with Crippen LogP contribution in [0.4, 0.5) is 0 Å². The summed E-state index contributed by atoms with van der Waals surface area (Å²) in [6, 6.07) is 3.67. The molecular weight excluding hydrogens is 284 g/mol. The Kier molecular flexibility index (Phi) is 3.49. The lowest BCUT2D eigenvalue weighted by atomic mass is 9.72. The highest BCUT2D eigenvalue weighted by atomic mass is 79.9. The molecule has 0 radical (unpaired) electrons. The fourth-order valence-corrected chi connectivity index (χ4v) is 2.91. The zero-order valence-corrected chi connectivity index (χ0v) is 11.0. The number of amides is 1. The summed E-state index contributed by atoms with van der Waals surface area (Å²) < 4.78 is 0.701. The zero-order chi connectivity index (χ0) is 12.5. The largest absolute Gasteiger partial charge is 0.379 e. The molecule has 2 unspecified atom stereocenters. The third kappa shape index (κ3) is 2.35. The number of halogens is 1. The summed E-state index contributed by atoms with van der Waals surface area (Å²) in [5.41, 5.74) is 4.84. The van der Waals surface area contributed by atoms with Crippen molar-refractivity contribution < 1.29 is 9.90 Å². The number of hydrogen-bond donors (Lipinski definition) is 2. The van der Waals surface area contributed by atoms with Gasteiger partial charge in [-0.3, -0.25) is 4.79 Å². The predicted octanol–water partition coefficient (Wildman–Crippen LogP) is 1.72. The minimum Gasteiger partial charge on any atom is -0.379 e. The molecule has 1 aromatic heterocycles. The summed E-state index contributed by atoms with van der Waals surface area (Å²) in [5, 5.41) is 10.4. The number of hydrogen-bond acceptors (Lipinski definition) is 3. The van der Waals surface area contributed by atoms with Crippen molar-refractivity contribution in [2.24, 2.45) is 5.73 Å². The first-order valence-corrected chi connectivity index (χ1v) is 6.47. The van der Waals surface area contributed by atoms with Crippen LogP contribution in [0.3, 0.4) is 0 Å². The number of aromatic nitrogens is 1. The van der Waals surface area contributed by atoms with Crippen LogP contribution < -0.4 is 5.73 Å². The van der Waals surface area contributed by atoms with Crippen LogP contribution in [-0.4, -0.2) is 21.6 Å². The van der Waals surface area contributed by atoms with Gasteiger partial charge in [0.05, 0.1) is 0 Å². The third-order valence-corrected chi connectivity index (χ3v) is 3.89. The van der Waals surface area contributed by atoms with Crippen molar-refractivity contribution in [3.8, 4) is 0 Å². The van der Waals surface area contributed by atoms with Gasteiger partial charge in [0, 0.05) is 12.1 Å². The minimum absolute atomic E-state index is 0.229. The first kappa shape index (κ1) is 12.5. The second-order valence-electron chi connectivity index (χ2n) is 4.50. The number of nitrogens with zero attached hydrogens (tertiary/aromatic N) is 1. The average molecular weight is 299 g/mol. The van der Waals surface area contributed by atoms with E-state index in [0.29, 0.717) is 11.0 Å². The molecular formula is C12H15BrN2O2. The normalized spacial score (nSPS) is 28.9. The van der Waals surface area contributed by atoms with E-state index in [9.17, 15) is 9.90 Å². The van der Waals surface area contributed by atoms with Crippen molar-refractivity contribution in [2.75, 3.05) is 0 Å². The minimum atomic E-state index is -1.42. The molecule has 0 aromatic carbocycles. The summed E-state index contributed by atoms with van der Waals surface area (Å²) >= 11 is 3.29. The number of pyridine rings is 1. The number of aliphatic hydroxyl groups is 1. The molecule has 92 valence electrons. The Hall–Kier alpha value is -0.940. The molecule has 1 aliphatic carbocycles. The molecule has 1 heterocycles. The van der Waals surface area contributed by atoms with Gasteiger partial charge >= 0.3 is 0 Å². The molecule has 1 fully saturated rings. The van der Waals surface area contributed by atoms with Crippen LogP contribution in [0.5, 0.6) is 0 Å². The summed E-state index contributed by atoms with van der Waals surface area (Å²) in [6.45, 7) is 0. The topological polar surface area (TPSA) is 76.2 Å².